The zero-order valence-corrected chi connectivity index (χ0v) is 15.2. The molecule has 0 saturated heterocycles. The van der Waals surface area contributed by atoms with Gasteiger partial charge in [-0.25, -0.2) is 9.97 Å². The van der Waals surface area contributed by atoms with Gasteiger partial charge in [-0.3, -0.25) is 4.79 Å². The molecule has 0 bridgehead atoms. The Labute approximate surface area is 160 Å². The third kappa shape index (κ3) is 4.13. The van der Waals surface area contributed by atoms with E-state index >= 15 is 0 Å². The van der Waals surface area contributed by atoms with E-state index in [9.17, 15) is 4.79 Å². The van der Waals surface area contributed by atoms with Crippen molar-refractivity contribution in [2.45, 2.75) is 12.8 Å². The summed E-state index contributed by atoms with van der Waals surface area (Å²) < 4.78 is 5.16. The van der Waals surface area contributed by atoms with Gasteiger partial charge in [0.2, 0.25) is 11.8 Å². The number of nitrogens with zero attached hydrogens (tertiary/aromatic N) is 3. The smallest absolute Gasteiger partial charge is 0.229 e. The minimum absolute atomic E-state index is 0.0161. The molecule has 0 atom stereocenters. The molecule has 0 radical (unpaired) electrons. The number of carbonyl (C=O) groups excluding carboxylic acids is 1. The van der Waals surface area contributed by atoms with E-state index < -0.39 is 0 Å². The molecule has 0 unspecified atom stereocenters. The lowest BCUT2D eigenvalue weighted by atomic mass is 10.0. The predicted octanol–water partition coefficient (Wildman–Crippen LogP) is 4.12. The van der Waals surface area contributed by atoms with E-state index in [2.05, 4.69) is 15.3 Å². The van der Waals surface area contributed by atoms with Crippen LogP contribution in [0.2, 0.25) is 0 Å². The minimum Gasteiger partial charge on any atom is -0.462 e. The lowest BCUT2D eigenvalue weighted by Gasteiger charge is -2.05. The molecule has 2 aromatic heterocycles. The highest BCUT2D eigenvalue weighted by Gasteiger charge is 2.30. The van der Waals surface area contributed by atoms with E-state index in [0.717, 1.165) is 35.2 Å². The van der Waals surface area contributed by atoms with Crippen LogP contribution in [-0.2, 0) is 4.79 Å². The van der Waals surface area contributed by atoms with Crippen LogP contribution in [0.4, 0.5) is 5.13 Å². The first kappa shape index (κ1) is 17.2. The lowest BCUT2D eigenvalue weighted by Crippen LogP contribution is -2.12. The van der Waals surface area contributed by atoms with E-state index in [0.29, 0.717) is 11.0 Å². The highest BCUT2D eigenvalue weighted by atomic mass is 32.1. The van der Waals surface area contributed by atoms with Crippen LogP contribution >= 0.6 is 11.3 Å². The Morgan fingerprint density at radius 3 is 2.59 bits per heavy atom. The molecule has 2 heterocycles. The molecule has 1 aromatic carbocycles. The minimum atomic E-state index is -0.0161. The summed E-state index contributed by atoms with van der Waals surface area (Å²) in [5.41, 5.74) is 3.82. The second-order valence-corrected chi connectivity index (χ2v) is 7.07. The molecule has 1 saturated carbocycles. The third-order valence-corrected chi connectivity index (χ3v) is 4.98. The second kappa shape index (κ2) is 7.56. The molecule has 0 spiro atoms. The lowest BCUT2D eigenvalue weighted by molar-refractivity contribution is -0.117. The number of hydrogen-bond donors (Lipinski definition) is 1. The summed E-state index contributed by atoms with van der Waals surface area (Å²) >= 11 is 1.44. The van der Waals surface area contributed by atoms with Gasteiger partial charge in [-0.15, -0.1) is 11.3 Å². The van der Waals surface area contributed by atoms with Gasteiger partial charge in [0.05, 0.1) is 5.69 Å². The van der Waals surface area contributed by atoms with Gasteiger partial charge < -0.3 is 10.1 Å². The van der Waals surface area contributed by atoms with Gasteiger partial charge in [-0.05, 0) is 24.5 Å². The Morgan fingerprint density at radius 2 is 1.93 bits per heavy atom. The van der Waals surface area contributed by atoms with Crippen LogP contribution < -0.4 is 10.1 Å². The fourth-order valence-corrected chi connectivity index (χ4v) is 3.32. The van der Waals surface area contributed by atoms with Crippen LogP contribution in [-0.4, -0.2) is 22.5 Å². The molecule has 1 aliphatic rings. The summed E-state index contributed by atoms with van der Waals surface area (Å²) in [5.74, 6) is 0.669. The van der Waals surface area contributed by atoms with Gasteiger partial charge in [-0.1, -0.05) is 24.3 Å². The Hall–Kier alpha value is -3.24. The maximum absolute atomic E-state index is 11.8. The number of aromatic nitrogens is 2. The number of anilines is 1. The monoisotopic (exact) mass is 376 g/mol. The fourth-order valence-electron chi connectivity index (χ4n) is 2.59. The standard InChI is InChI=1S/C20H16N4O2S/c21-9-10-26-18-8-7-16(11-22-18)13-1-3-14(4-2-13)17-12-27-20(23-17)24-19(25)15-5-6-15/h1-4,7-8,11-12,15H,5-6,10H2,(H,23,24,25). The molecule has 27 heavy (non-hydrogen) atoms. The van der Waals surface area contributed by atoms with E-state index in [1.54, 1.807) is 12.3 Å². The summed E-state index contributed by atoms with van der Waals surface area (Å²) in [6.45, 7) is -0.0161. The van der Waals surface area contributed by atoms with Gasteiger partial charge >= 0.3 is 0 Å². The van der Waals surface area contributed by atoms with Crippen LogP contribution in [0.3, 0.4) is 0 Å². The highest BCUT2D eigenvalue weighted by molar-refractivity contribution is 7.14. The first-order valence-electron chi connectivity index (χ1n) is 8.56. The summed E-state index contributed by atoms with van der Waals surface area (Å²) in [5, 5.41) is 14.0. The molecule has 0 aliphatic heterocycles. The Balaban J connectivity index is 1.45. The van der Waals surface area contributed by atoms with Gasteiger partial charge in [0.25, 0.3) is 0 Å². The molecule has 1 aliphatic carbocycles. The number of amides is 1. The van der Waals surface area contributed by atoms with Crippen LogP contribution in [0.25, 0.3) is 22.4 Å². The predicted molar refractivity (Wildman–Crippen MR) is 103 cm³/mol. The molecule has 7 heteroatoms. The topological polar surface area (TPSA) is 87.9 Å². The fraction of sp³-hybridized carbons (Fsp3) is 0.200. The van der Waals surface area contributed by atoms with E-state index in [4.69, 9.17) is 10.00 Å². The normalized spacial score (nSPS) is 13.0. The third-order valence-electron chi connectivity index (χ3n) is 4.22. The maximum atomic E-state index is 11.8. The summed E-state index contributed by atoms with van der Waals surface area (Å²) in [6, 6.07) is 13.6. The largest absolute Gasteiger partial charge is 0.462 e. The first-order valence-corrected chi connectivity index (χ1v) is 9.44. The van der Waals surface area contributed by atoms with Crippen molar-refractivity contribution in [3.63, 3.8) is 0 Å². The van der Waals surface area contributed by atoms with Crippen LogP contribution in [0, 0.1) is 17.2 Å². The summed E-state index contributed by atoms with van der Waals surface area (Å²) in [4.78, 5) is 20.5. The van der Waals surface area contributed by atoms with Crippen molar-refractivity contribution in [1.29, 1.82) is 5.26 Å². The van der Waals surface area contributed by atoms with Crippen molar-refractivity contribution >= 4 is 22.4 Å². The maximum Gasteiger partial charge on any atom is 0.229 e. The molecular weight excluding hydrogens is 360 g/mol. The number of ether oxygens (including phenoxy) is 1. The van der Waals surface area contributed by atoms with Gasteiger partial charge in [-0.2, -0.15) is 5.26 Å². The molecule has 6 nitrogen and oxygen atoms in total. The van der Waals surface area contributed by atoms with Gasteiger partial charge in [0, 0.05) is 34.7 Å². The Bertz CT molecular complexity index is 986. The Morgan fingerprint density at radius 1 is 1.19 bits per heavy atom. The van der Waals surface area contributed by atoms with Crippen molar-refractivity contribution in [2.24, 2.45) is 5.92 Å². The number of rotatable bonds is 6. The second-order valence-electron chi connectivity index (χ2n) is 6.21. The molecule has 1 fully saturated rings. The quantitative estimate of drug-likeness (QED) is 0.699. The number of hydrogen-bond acceptors (Lipinski definition) is 6. The van der Waals surface area contributed by atoms with Crippen molar-refractivity contribution < 1.29 is 9.53 Å². The Kier molecular flexibility index (Phi) is 4.81. The zero-order chi connectivity index (χ0) is 18.6. The SMILES string of the molecule is N#CCOc1ccc(-c2ccc(-c3csc(NC(=O)C4CC4)n3)cc2)cn1. The first-order chi connectivity index (χ1) is 13.2. The van der Waals surface area contributed by atoms with E-state index in [-0.39, 0.29) is 18.4 Å². The molecular formula is C20H16N4O2S. The van der Waals surface area contributed by atoms with Crippen LogP contribution in [0.15, 0.2) is 48.0 Å². The number of nitriles is 1. The summed E-state index contributed by atoms with van der Waals surface area (Å²) in [7, 11) is 0. The molecule has 1 amide bonds. The average molecular weight is 376 g/mol. The number of pyridine rings is 1. The number of thiazole rings is 1. The number of nitrogens with one attached hydrogen (secondary N) is 1. The van der Waals surface area contributed by atoms with Gasteiger partial charge in [0.15, 0.2) is 11.7 Å². The van der Waals surface area contributed by atoms with Crippen molar-refractivity contribution in [1.82, 2.24) is 9.97 Å². The molecule has 3 aromatic rings. The average Bonchev–Trinajstić information content (AvgIpc) is 3.47. The van der Waals surface area contributed by atoms with Gasteiger partial charge in [0.1, 0.15) is 6.07 Å². The van der Waals surface area contributed by atoms with Crippen LogP contribution in [0.5, 0.6) is 5.88 Å². The van der Waals surface area contributed by atoms with Crippen molar-refractivity contribution in [3.05, 3.63) is 48.0 Å². The zero-order valence-electron chi connectivity index (χ0n) is 14.4. The number of carbonyl (C=O) groups is 1. The highest BCUT2D eigenvalue weighted by Crippen LogP contribution is 2.32. The molecule has 4 rings (SSSR count). The number of benzene rings is 1. The van der Waals surface area contributed by atoms with Crippen LogP contribution in [0.1, 0.15) is 12.8 Å². The molecule has 1 N–H and O–H groups in total. The molecule has 134 valence electrons. The van der Waals surface area contributed by atoms with Crippen molar-refractivity contribution in [2.75, 3.05) is 11.9 Å². The summed E-state index contributed by atoms with van der Waals surface area (Å²) in [6.07, 6.45) is 3.67. The van der Waals surface area contributed by atoms with E-state index in [1.807, 2.05) is 41.8 Å². The van der Waals surface area contributed by atoms with Crippen molar-refractivity contribution in [3.8, 4) is 34.3 Å². The van der Waals surface area contributed by atoms with E-state index in [1.165, 1.54) is 11.3 Å².